The van der Waals surface area contributed by atoms with Gasteiger partial charge in [-0.3, -0.25) is 0 Å². The summed E-state index contributed by atoms with van der Waals surface area (Å²) in [6, 6.07) is 9.83. The Bertz CT molecular complexity index is 495. The van der Waals surface area contributed by atoms with Crippen LogP contribution in [0.2, 0.25) is 0 Å². The number of benzene rings is 1. The van der Waals surface area contributed by atoms with Crippen molar-refractivity contribution in [3.05, 3.63) is 47.8 Å². The van der Waals surface area contributed by atoms with Gasteiger partial charge in [-0.1, -0.05) is 18.2 Å². The van der Waals surface area contributed by atoms with Crippen molar-refractivity contribution in [1.82, 2.24) is 9.78 Å². The Morgan fingerprint density at radius 3 is 2.50 bits per heavy atom. The van der Waals surface area contributed by atoms with Gasteiger partial charge in [-0.15, -0.1) is 0 Å². The molecule has 3 nitrogen and oxygen atoms in total. The van der Waals surface area contributed by atoms with Crippen molar-refractivity contribution in [1.29, 1.82) is 0 Å². The van der Waals surface area contributed by atoms with Crippen molar-refractivity contribution in [2.24, 2.45) is 0 Å². The van der Waals surface area contributed by atoms with Gasteiger partial charge in [0.25, 0.3) is 0 Å². The molecule has 0 radical (unpaired) electrons. The van der Waals surface area contributed by atoms with Gasteiger partial charge in [0.15, 0.2) is 0 Å². The van der Waals surface area contributed by atoms with Crippen LogP contribution in [-0.2, 0) is 5.60 Å². The lowest BCUT2D eigenvalue weighted by Gasteiger charge is -2.19. The van der Waals surface area contributed by atoms with Crippen molar-refractivity contribution in [3.8, 4) is 5.69 Å². The number of aliphatic hydroxyl groups is 1. The van der Waals surface area contributed by atoms with Crippen LogP contribution >= 0.6 is 0 Å². The molecular weight excluding hydrogens is 200 g/mol. The minimum Gasteiger partial charge on any atom is -0.384 e. The SMILES string of the molecule is Cc1ccccc1-n1nccc1C(C)(C)O. The third-order valence-electron chi connectivity index (χ3n) is 2.61. The first kappa shape index (κ1) is 10.9. The quantitative estimate of drug-likeness (QED) is 0.837. The second-order valence-electron chi connectivity index (χ2n) is 4.47. The molecule has 1 aromatic carbocycles. The first-order valence-corrected chi connectivity index (χ1v) is 5.33. The van der Waals surface area contributed by atoms with Gasteiger partial charge in [0.2, 0.25) is 0 Å². The number of aromatic nitrogens is 2. The molecule has 0 fully saturated rings. The molecule has 0 amide bonds. The molecular formula is C13H16N2O. The summed E-state index contributed by atoms with van der Waals surface area (Å²) in [7, 11) is 0. The third kappa shape index (κ3) is 1.86. The normalized spacial score (nSPS) is 11.8. The predicted octanol–water partition coefficient (Wildman–Crippen LogP) is 2.41. The summed E-state index contributed by atoms with van der Waals surface area (Å²) in [5.41, 5.74) is 2.04. The highest BCUT2D eigenvalue weighted by molar-refractivity contribution is 5.41. The molecule has 2 rings (SSSR count). The van der Waals surface area contributed by atoms with Gasteiger partial charge in [-0.05, 0) is 38.5 Å². The molecule has 1 N–H and O–H groups in total. The van der Waals surface area contributed by atoms with E-state index in [0.717, 1.165) is 16.9 Å². The van der Waals surface area contributed by atoms with Crippen molar-refractivity contribution >= 4 is 0 Å². The van der Waals surface area contributed by atoms with Gasteiger partial charge in [0, 0.05) is 6.20 Å². The van der Waals surface area contributed by atoms with Crippen LogP contribution in [0.1, 0.15) is 25.1 Å². The molecule has 1 heterocycles. The zero-order valence-electron chi connectivity index (χ0n) is 9.81. The smallest absolute Gasteiger partial charge is 0.101 e. The lowest BCUT2D eigenvalue weighted by Crippen LogP contribution is -2.21. The van der Waals surface area contributed by atoms with Gasteiger partial charge in [-0.2, -0.15) is 5.10 Å². The van der Waals surface area contributed by atoms with Crippen LogP contribution in [-0.4, -0.2) is 14.9 Å². The Labute approximate surface area is 95.3 Å². The monoisotopic (exact) mass is 216 g/mol. The van der Waals surface area contributed by atoms with Crippen molar-refractivity contribution < 1.29 is 5.11 Å². The highest BCUT2D eigenvalue weighted by atomic mass is 16.3. The Kier molecular flexibility index (Phi) is 2.56. The van der Waals surface area contributed by atoms with Crippen LogP contribution < -0.4 is 0 Å². The molecule has 0 aliphatic carbocycles. The molecule has 2 aromatic rings. The molecule has 0 aliphatic heterocycles. The lowest BCUT2D eigenvalue weighted by molar-refractivity contribution is 0.0711. The van der Waals surface area contributed by atoms with E-state index in [-0.39, 0.29) is 0 Å². The fourth-order valence-corrected chi connectivity index (χ4v) is 1.76. The van der Waals surface area contributed by atoms with Gasteiger partial charge in [0.1, 0.15) is 5.60 Å². The first-order valence-electron chi connectivity index (χ1n) is 5.33. The molecule has 0 aliphatic rings. The van der Waals surface area contributed by atoms with Crippen LogP contribution in [0, 0.1) is 6.92 Å². The molecule has 1 aromatic heterocycles. The van der Waals surface area contributed by atoms with Gasteiger partial charge >= 0.3 is 0 Å². The molecule has 0 spiro atoms. The molecule has 0 unspecified atom stereocenters. The van der Waals surface area contributed by atoms with Gasteiger partial charge in [-0.25, -0.2) is 4.68 Å². The van der Waals surface area contributed by atoms with Crippen LogP contribution in [0.25, 0.3) is 5.69 Å². The first-order chi connectivity index (χ1) is 7.50. The topological polar surface area (TPSA) is 38.0 Å². The number of para-hydroxylation sites is 1. The van der Waals surface area contributed by atoms with E-state index in [4.69, 9.17) is 0 Å². The van der Waals surface area contributed by atoms with Crippen LogP contribution in [0.3, 0.4) is 0 Å². The van der Waals surface area contributed by atoms with Gasteiger partial charge in [0.05, 0.1) is 11.4 Å². The van der Waals surface area contributed by atoms with E-state index in [2.05, 4.69) is 5.10 Å². The zero-order chi connectivity index (χ0) is 11.8. The highest BCUT2D eigenvalue weighted by Gasteiger charge is 2.21. The van der Waals surface area contributed by atoms with Crippen LogP contribution in [0.15, 0.2) is 36.5 Å². The van der Waals surface area contributed by atoms with Crippen molar-refractivity contribution in [2.75, 3.05) is 0 Å². The molecule has 0 bridgehead atoms. The largest absolute Gasteiger partial charge is 0.384 e. The molecule has 0 saturated heterocycles. The number of aryl methyl sites for hydroxylation is 1. The van der Waals surface area contributed by atoms with E-state index >= 15 is 0 Å². The van der Waals surface area contributed by atoms with Crippen molar-refractivity contribution in [2.45, 2.75) is 26.4 Å². The van der Waals surface area contributed by atoms with E-state index in [9.17, 15) is 5.11 Å². The Morgan fingerprint density at radius 2 is 1.88 bits per heavy atom. The fourth-order valence-electron chi connectivity index (χ4n) is 1.76. The molecule has 3 heteroatoms. The number of nitrogens with zero attached hydrogens (tertiary/aromatic N) is 2. The van der Waals surface area contributed by atoms with E-state index < -0.39 is 5.60 Å². The average Bonchev–Trinajstić information content (AvgIpc) is 2.66. The van der Waals surface area contributed by atoms with Crippen molar-refractivity contribution in [3.63, 3.8) is 0 Å². The average molecular weight is 216 g/mol. The second kappa shape index (κ2) is 3.76. The maximum absolute atomic E-state index is 10.1. The summed E-state index contributed by atoms with van der Waals surface area (Å²) in [6.45, 7) is 5.56. The van der Waals surface area contributed by atoms with E-state index in [0.29, 0.717) is 0 Å². The number of hydrogen-bond acceptors (Lipinski definition) is 2. The zero-order valence-corrected chi connectivity index (χ0v) is 9.81. The Morgan fingerprint density at radius 1 is 1.19 bits per heavy atom. The molecule has 16 heavy (non-hydrogen) atoms. The summed E-state index contributed by atoms with van der Waals surface area (Å²) in [5, 5.41) is 14.3. The lowest BCUT2D eigenvalue weighted by atomic mass is 10.1. The Balaban J connectivity index is 2.58. The van der Waals surface area contributed by atoms with E-state index in [1.54, 1.807) is 24.7 Å². The predicted molar refractivity (Wildman–Crippen MR) is 63.5 cm³/mol. The summed E-state index contributed by atoms with van der Waals surface area (Å²) < 4.78 is 1.79. The fraction of sp³-hybridized carbons (Fsp3) is 0.308. The summed E-state index contributed by atoms with van der Waals surface area (Å²) >= 11 is 0. The number of rotatable bonds is 2. The minimum absolute atomic E-state index is 0.793. The summed E-state index contributed by atoms with van der Waals surface area (Å²) in [6.07, 6.45) is 1.71. The number of hydrogen-bond donors (Lipinski definition) is 1. The van der Waals surface area contributed by atoms with E-state index in [1.807, 2.05) is 37.3 Å². The maximum atomic E-state index is 10.1. The molecule has 0 saturated carbocycles. The second-order valence-corrected chi connectivity index (χ2v) is 4.47. The van der Waals surface area contributed by atoms with Crippen LogP contribution in [0.5, 0.6) is 0 Å². The van der Waals surface area contributed by atoms with E-state index in [1.165, 1.54) is 0 Å². The molecule has 84 valence electrons. The van der Waals surface area contributed by atoms with Crippen LogP contribution in [0.4, 0.5) is 0 Å². The Hall–Kier alpha value is -1.61. The minimum atomic E-state index is -0.890. The maximum Gasteiger partial charge on any atom is 0.101 e. The van der Waals surface area contributed by atoms with Gasteiger partial charge < -0.3 is 5.11 Å². The standard InChI is InChI=1S/C13H16N2O/c1-10-6-4-5-7-11(10)15-12(8-9-14-15)13(2,3)16/h4-9,16H,1-3H3. The summed E-state index contributed by atoms with van der Waals surface area (Å²) in [5.74, 6) is 0. The highest BCUT2D eigenvalue weighted by Crippen LogP contribution is 2.23. The molecule has 0 atom stereocenters. The summed E-state index contributed by atoms with van der Waals surface area (Å²) in [4.78, 5) is 0. The third-order valence-corrected chi connectivity index (χ3v) is 2.61.